The van der Waals surface area contributed by atoms with E-state index in [4.69, 9.17) is 15.2 Å². The number of carbonyl (C=O) groups is 1. The van der Waals surface area contributed by atoms with Gasteiger partial charge >= 0.3 is 5.97 Å². The number of aryl methyl sites for hydroxylation is 2. The Kier molecular flexibility index (Phi) is 3.38. The zero-order chi connectivity index (χ0) is 15.2. The van der Waals surface area contributed by atoms with Crippen LogP contribution < -0.4 is 10.5 Å². The maximum absolute atomic E-state index is 11.8. The van der Waals surface area contributed by atoms with E-state index >= 15 is 0 Å². The highest BCUT2D eigenvalue weighted by Gasteiger charge is 2.48. The van der Waals surface area contributed by atoms with E-state index in [1.807, 2.05) is 20.8 Å². The lowest BCUT2D eigenvalue weighted by Crippen LogP contribution is -2.43. The number of rotatable bonds is 2. The minimum atomic E-state index is -1.19. The van der Waals surface area contributed by atoms with Crippen molar-refractivity contribution >= 4 is 5.97 Å². The van der Waals surface area contributed by atoms with Crippen molar-refractivity contribution in [2.45, 2.75) is 46.4 Å². The summed E-state index contributed by atoms with van der Waals surface area (Å²) < 4.78 is 11.3. The Balaban J connectivity index is 2.45. The Morgan fingerprint density at radius 1 is 1.40 bits per heavy atom. The molecule has 0 saturated heterocycles. The van der Waals surface area contributed by atoms with E-state index in [0.717, 1.165) is 28.0 Å². The summed E-state index contributed by atoms with van der Waals surface area (Å²) in [5.41, 5.74) is 10.7. The predicted molar refractivity (Wildman–Crippen MR) is 77.5 cm³/mol. The van der Waals surface area contributed by atoms with Crippen molar-refractivity contribution in [1.29, 1.82) is 0 Å². The van der Waals surface area contributed by atoms with Crippen LogP contribution >= 0.6 is 0 Å². The molecule has 4 nitrogen and oxygen atoms in total. The average Bonchev–Trinajstić information content (AvgIpc) is 2.60. The van der Waals surface area contributed by atoms with Gasteiger partial charge in [-0.25, -0.2) is 4.79 Å². The summed E-state index contributed by atoms with van der Waals surface area (Å²) in [4.78, 5) is 11.8. The zero-order valence-corrected chi connectivity index (χ0v) is 12.7. The van der Waals surface area contributed by atoms with Crippen LogP contribution in [0.2, 0.25) is 0 Å². The second-order valence-corrected chi connectivity index (χ2v) is 5.64. The summed E-state index contributed by atoms with van der Waals surface area (Å²) in [6.07, 6.45) is 0. The van der Waals surface area contributed by atoms with Gasteiger partial charge in [-0.15, -0.1) is 0 Å². The molecule has 2 rings (SSSR count). The number of hydrogen-bond donors (Lipinski definition) is 1. The molecule has 2 unspecified atom stereocenters. The number of ether oxygens (including phenoxy) is 2. The first kappa shape index (κ1) is 14.6. The standard InChI is InChI=1S/C16H21NO3/c1-8(2)15(18)20-16(6)14(17)12-10(4)7-9(3)11(5)13(12)19-16/h7,14H,1,17H2,2-6H3. The van der Waals surface area contributed by atoms with Gasteiger partial charge in [0.2, 0.25) is 0 Å². The van der Waals surface area contributed by atoms with Gasteiger partial charge < -0.3 is 15.2 Å². The van der Waals surface area contributed by atoms with E-state index in [1.165, 1.54) is 0 Å². The third-order valence-electron chi connectivity index (χ3n) is 3.86. The van der Waals surface area contributed by atoms with Crippen LogP contribution in [0.4, 0.5) is 0 Å². The molecule has 108 valence electrons. The normalized spacial score (nSPS) is 24.0. The summed E-state index contributed by atoms with van der Waals surface area (Å²) >= 11 is 0. The Morgan fingerprint density at radius 2 is 2.00 bits per heavy atom. The summed E-state index contributed by atoms with van der Waals surface area (Å²) in [6, 6.07) is 1.56. The molecule has 0 aromatic heterocycles. The molecule has 0 amide bonds. The first-order valence-corrected chi connectivity index (χ1v) is 6.61. The second-order valence-electron chi connectivity index (χ2n) is 5.64. The Bertz CT molecular complexity index is 606. The Labute approximate surface area is 119 Å². The van der Waals surface area contributed by atoms with E-state index in [0.29, 0.717) is 5.57 Å². The predicted octanol–water partition coefficient (Wildman–Crippen LogP) is 2.84. The van der Waals surface area contributed by atoms with Crippen LogP contribution in [-0.4, -0.2) is 11.8 Å². The van der Waals surface area contributed by atoms with Gasteiger partial charge in [0.05, 0.1) is 0 Å². The molecule has 1 aliphatic rings. The van der Waals surface area contributed by atoms with E-state index in [-0.39, 0.29) is 0 Å². The molecule has 0 radical (unpaired) electrons. The maximum Gasteiger partial charge on any atom is 0.336 e. The van der Waals surface area contributed by atoms with Crippen molar-refractivity contribution in [3.63, 3.8) is 0 Å². The molecular weight excluding hydrogens is 254 g/mol. The Morgan fingerprint density at radius 3 is 2.55 bits per heavy atom. The highest BCUT2D eigenvalue weighted by atomic mass is 16.7. The quantitative estimate of drug-likeness (QED) is 0.666. The molecule has 2 atom stereocenters. The lowest BCUT2D eigenvalue weighted by Gasteiger charge is -2.28. The summed E-state index contributed by atoms with van der Waals surface area (Å²) in [7, 11) is 0. The fraction of sp³-hybridized carbons (Fsp3) is 0.438. The van der Waals surface area contributed by atoms with Crippen LogP contribution in [-0.2, 0) is 9.53 Å². The summed E-state index contributed by atoms with van der Waals surface area (Å²) in [6.45, 7) is 12.9. The fourth-order valence-corrected chi connectivity index (χ4v) is 2.47. The van der Waals surface area contributed by atoms with E-state index in [9.17, 15) is 4.79 Å². The summed E-state index contributed by atoms with van der Waals surface area (Å²) in [5.74, 6) is -0.961. The molecule has 20 heavy (non-hydrogen) atoms. The summed E-state index contributed by atoms with van der Waals surface area (Å²) in [5, 5.41) is 0. The molecule has 4 heteroatoms. The van der Waals surface area contributed by atoms with Gasteiger partial charge in [0.25, 0.3) is 5.79 Å². The lowest BCUT2D eigenvalue weighted by atomic mass is 9.94. The molecule has 1 aliphatic heterocycles. The molecular formula is C16H21NO3. The van der Waals surface area contributed by atoms with Gasteiger partial charge in [-0.3, -0.25) is 0 Å². The second kappa shape index (κ2) is 4.63. The zero-order valence-electron chi connectivity index (χ0n) is 12.7. The molecule has 1 aromatic rings. The molecule has 0 spiro atoms. The van der Waals surface area contributed by atoms with Crippen LogP contribution in [0.5, 0.6) is 5.75 Å². The molecule has 1 heterocycles. The van der Waals surface area contributed by atoms with E-state index in [1.54, 1.807) is 13.8 Å². The number of carbonyl (C=O) groups excluding carboxylic acids is 1. The van der Waals surface area contributed by atoms with Crippen LogP contribution in [0.25, 0.3) is 0 Å². The number of hydrogen-bond acceptors (Lipinski definition) is 4. The first-order chi connectivity index (χ1) is 9.17. The van der Waals surface area contributed by atoms with Crippen molar-refractivity contribution in [1.82, 2.24) is 0 Å². The number of fused-ring (bicyclic) bond motifs is 1. The van der Waals surface area contributed by atoms with Gasteiger partial charge in [-0.1, -0.05) is 12.6 Å². The smallest absolute Gasteiger partial charge is 0.336 e. The van der Waals surface area contributed by atoms with Crippen molar-refractivity contribution in [2.24, 2.45) is 5.73 Å². The third kappa shape index (κ3) is 2.10. The topological polar surface area (TPSA) is 61.5 Å². The van der Waals surface area contributed by atoms with Crippen LogP contribution in [0.15, 0.2) is 18.2 Å². The van der Waals surface area contributed by atoms with Crippen molar-refractivity contribution < 1.29 is 14.3 Å². The first-order valence-electron chi connectivity index (χ1n) is 6.61. The van der Waals surface area contributed by atoms with E-state index in [2.05, 4.69) is 12.6 Å². The molecule has 2 N–H and O–H groups in total. The third-order valence-corrected chi connectivity index (χ3v) is 3.86. The van der Waals surface area contributed by atoms with Crippen LogP contribution in [0.1, 0.15) is 42.1 Å². The van der Waals surface area contributed by atoms with Crippen molar-refractivity contribution in [3.8, 4) is 5.75 Å². The SMILES string of the molecule is C=C(C)C(=O)OC1(C)Oc2c(C)c(C)cc(C)c2C1N. The van der Waals surface area contributed by atoms with Crippen molar-refractivity contribution in [2.75, 3.05) is 0 Å². The fourth-order valence-electron chi connectivity index (χ4n) is 2.47. The minimum absolute atomic E-state index is 0.322. The number of esters is 1. The number of benzene rings is 1. The van der Waals surface area contributed by atoms with E-state index < -0.39 is 17.8 Å². The highest BCUT2D eigenvalue weighted by molar-refractivity contribution is 5.87. The molecule has 0 fully saturated rings. The van der Waals surface area contributed by atoms with Crippen LogP contribution in [0.3, 0.4) is 0 Å². The van der Waals surface area contributed by atoms with Gasteiger partial charge in [-0.2, -0.15) is 0 Å². The molecule has 0 aliphatic carbocycles. The molecule has 0 bridgehead atoms. The van der Waals surface area contributed by atoms with Gasteiger partial charge in [0.15, 0.2) is 0 Å². The lowest BCUT2D eigenvalue weighted by molar-refractivity contribution is -0.188. The monoisotopic (exact) mass is 275 g/mol. The van der Waals surface area contributed by atoms with Gasteiger partial charge in [0, 0.05) is 18.1 Å². The minimum Gasteiger partial charge on any atom is -0.450 e. The van der Waals surface area contributed by atoms with Crippen molar-refractivity contribution in [3.05, 3.63) is 40.5 Å². The van der Waals surface area contributed by atoms with Gasteiger partial charge in [0.1, 0.15) is 11.8 Å². The highest BCUT2D eigenvalue weighted by Crippen LogP contribution is 2.47. The molecule has 1 aromatic carbocycles. The molecule has 0 saturated carbocycles. The van der Waals surface area contributed by atoms with Crippen LogP contribution in [0, 0.1) is 20.8 Å². The number of nitrogens with two attached hydrogens (primary N) is 1. The largest absolute Gasteiger partial charge is 0.450 e. The average molecular weight is 275 g/mol. The van der Waals surface area contributed by atoms with Gasteiger partial charge in [-0.05, 0) is 44.4 Å². The Hall–Kier alpha value is -1.81. The maximum atomic E-state index is 11.8.